The molecule has 0 aromatic heterocycles. The van der Waals surface area contributed by atoms with Gasteiger partial charge >= 0.3 is 0 Å². The van der Waals surface area contributed by atoms with Crippen molar-refractivity contribution in [3.63, 3.8) is 0 Å². The van der Waals surface area contributed by atoms with Crippen LogP contribution in [-0.4, -0.2) is 103 Å². The molecule has 0 heterocycles. The first kappa shape index (κ1) is 35.7. The van der Waals surface area contributed by atoms with Gasteiger partial charge in [-0.15, -0.1) is 0 Å². The first-order valence-electron chi connectivity index (χ1n) is 6.32. The van der Waals surface area contributed by atoms with Gasteiger partial charge in [-0.25, -0.2) is 0 Å². The van der Waals surface area contributed by atoms with Crippen molar-refractivity contribution in [2.45, 2.75) is 0 Å². The Balaban J connectivity index is -0.000000667. The first-order valence-corrected chi connectivity index (χ1v) is 13.9. The van der Waals surface area contributed by atoms with E-state index in [0.29, 0.717) is 0 Å². The summed E-state index contributed by atoms with van der Waals surface area (Å²) in [4.78, 5) is 0. The summed E-state index contributed by atoms with van der Waals surface area (Å²) in [5, 5.41) is 76.1. The fourth-order valence-electron chi connectivity index (χ4n) is 2.08. The summed E-state index contributed by atoms with van der Waals surface area (Å²) in [6, 6.07) is 0. The molecule has 24 heavy (non-hydrogen) atoms. The second-order valence-electron chi connectivity index (χ2n) is 5.44. The van der Waals surface area contributed by atoms with Crippen LogP contribution < -0.4 is 0 Å². The fourth-order valence-corrected chi connectivity index (χ4v) is 17.6. The first-order chi connectivity index (χ1) is 9.90. The molecule has 14 heteroatoms. The molecular formula is C10H28O8P3Y3+3. The van der Waals surface area contributed by atoms with Crippen LogP contribution in [0.1, 0.15) is 0 Å². The van der Waals surface area contributed by atoms with Crippen molar-refractivity contribution in [2.75, 3.05) is 62.6 Å². The molecule has 0 rings (SSSR count). The molecule has 0 spiro atoms. The number of aliphatic hydroxyl groups is 8. The fraction of sp³-hybridized carbons (Fsp3) is 1.00. The van der Waals surface area contributed by atoms with E-state index >= 15 is 0 Å². The van der Waals surface area contributed by atoms with E-state index in [4.69, 9.17) is 0 Å². The maximum absolute atomic E-state index is 9.71. The second-order valence-corrected chi connectivity index (χ2v) is 18.0. The standard InChI is InChI=1S/C10H28O8P3.3Y/c11-1-19(2-12,3-13)9-21(7-17,8-18)10-20(4-14,5-15)6-16;;;/h11-18H,1-10H2;;;/q+3;;;. The van der Waals surface area contributed by atoms with E-state index < -0.39 is 72.6 Å². The van der Waals surface area contributed by atoms with Crippen molar-refractivity contribution in [1.82, 2.24) is 0 Å². The molecule has 3 radical (unpaired) electrons. The number of aliphatic hydroxyl groups excluding tert-OH is 8. The maximum atomic E-state index is 9.71. The van der Waals surface area contributed by atoms with E-state index in [9.17, 15) is 40.9 Å². The van der Waals surface area contributed by atoms with E-state index in [0.717, 1.165) is 0 Å². The van der Waals surface area contributed by atoms with Crippen molar-refractivity contribution in [3.8, 4) is 0 Å². The van der Waals surface area contributed by atoms with Crippen LogP contribution >= 0.6 is 21.8 Å². The Morgan fingerprint density at radius 2 is 0.500 bits per heavy atom. The summed E-state index contributed by atoms with van der Waals surface area (Å²) in [7, 11) is -7.63. The largest absolute Gasteiger partial charge is 0.361 e. The average Bonchev–Trinajstić information content (AvgIpc) is 2.57. The molecule has 0 aromatic carbocycles. The molecule has 0 saturated heterocycles. The van der Waals surface area contributed by atoms with Gasteiger partial charge in [0.05, 0.1) is 0 Å². The third-order valence-corrected chi connectivity index (χ3v) is 18.0. The molecule has 0 saturated carbocycles. The predicted octanol–water partition coefficient (Wildman–Crippen LogP) is -1.45. The van der Waals surface area contributed by atoms with Crippen molar-refractivity contribution in [3.05, 3.63) is 0 Å². The van der Waals surface area contributed by atoms with Crippen LogP contribution in [0.2, 0.25) is 0 Å². The molecule has 8 N–H and O–H groups in total. The molecule has 0 atom stereocenters. The summed E-state index contributed by atoms with van der Waals surface area (Å²) in [5.41, 5.74) is 0. The van der Waals surface area contributed by atoms with Crippen LogP contribution in [0.5, 0.6) is 0 Å². The molecule has 137 valence electrons. The minimum atomic E-state index is -2.55. The van der Waals surface area contributed by atoms with Crippen LogP contribution in [0.4, 0.5) is 0 Å². The van der Waals surface area contributed by atoms with Crippen molar-refractivity contribution >= 4 is 21.8 Å². The Kier molecular flexibility index (Phi) is 26.9. The van der Waals surface area contributed by atoms with E-state index in [1.807, 2.05) is 0 Å². The van der Waals surface area contributed by atoms with E-state index in [2.05, 4.69) is 0 Å². The molecular weight excluding hydrogens is 608 g/mol. The van der Waals surface area contributed by atoms with Gasteiger partial charge in [0, 0.05) is 98.1 Å². The van der Waals surface area contributed by atoms with E-state index in [-0.39, 0.29) is 110 Å². The van der Waals surface area contributed by atoms with Crippen molar-refractivity contribution in [1.29, 1.82) is 0 Å². The summed E-state index contributed by atoms with van der Waals surface area (Å²) in [6.45, 7) is 0. The Labute approximate surface area is 220 Å². The molecule has 0 aromatic rings. The van der Waals surface area contributed by atoms with E-state index in [1.54, 1.807) is 0 Å². The monoisotopic (exact) mass is 636 g/mol. The van der Waals surface area contributed by atoms with Crippen LogP contribution in [0, 0.1) is 0 Å². The number of rotatable bonds is 12. The van der Waals surface area contributed by atoms with Gasteiger partial charge in [-0.05, 0) is 0 Å². The topological polar surface area (TPSA) is 162 Å². The maximum Gasteiger partial charge on any atom is 0.175 e. The number of hydrogen-bond acceptors (Lipinski definition) is 8. The zero-order chi connectivity index (χ0) is 16.6. The van der Waals surface area contributed by atoms with Gasteiger partial charge in [0.25, 0.3) is 0 Å². The van der Waals surface area contributed by atoms with E-state index in [1.165, 1.54) is 0 Å². The minimum Gasteiger partial charge on any atom is -0.361 e. The Bertz CT molecular complexity index is 254. The molecule has 0 aliphatic rings. The van der Waals surface area contributed by atoms with Gasteiger partial charge in [-0.3, -0.25) is 0 Å². The molecule has 0 bridgehead atoms. The van der Waals surface area contributed by atoms with Crippen LogP contribution in [0.25, 0.3) is 0 Å². The van der Waals surface area contributed by atoms with Crippen LogP contribution in [0.3, 0.4) is 0 Å². The summed E-state index contributed by atoms with van der Waals surface area (Å²) >= 11 is 0. The summed E-state index contributed by atoms with van der Waals surface area (Å²) in [6.07, 6.45) is -3.26. The summed E-state index contributed by atoms with van der Waals surface area (Å²) in [5.74, 6) is 0.219. The quantitative estimate of drug-likeness (QED) is 0.121. The van der Waals surface area contributed by atoms with Crippen molar-refractivity contribution in [2.24, 2.45) is 0 Å². The number of hydrogen-bond donors (Lipinski definition) is 8. The Hall–Kier alpha value is 4.28. The average molecular weight is 636 g/mol. The molecule has 0 fully saturated rings. The zero-order valence-electron chi connectivity index (χ0n) is 13.7. The van der Waals surface area contributed by atoms with Crippen molar-refractivity contribution < 1.29 is 139 Å². The van der Waals surface area contributed by atoms with Gasteiger partial charge in [-0.2, -0.15) is 0 Å². The minimum absolute atomic E-state index is 0. The van der Waals surface area contributed by atoms with Gasteiger partial charge in [-0.1, -0.05) is 0 Å². The van der Waals surface area contributed by atoms with Gasteiger partial charge in [0.1, 0.15) is 21.8 Å². The normalized spacial score (nSPS) is 12.0. The van der Waals surface area contributed by atoms with Gasteiger partial charge in [0.2, 0.25) is 0 Å². The molecule has 8 nitrogen and oxygen atoms in total. The zero-order valence-corrected chi connectivity index (χ0v) is 24.9. The third-order valence-electron chi connectivity index (χ3n) is 3.60. The molecule has 0 amide bonds. The second kappa shape index (κ2) is 18.1. The SMILES string of the molecule is OC[P+](CO)(CO)C[P+](CO)(CO)C[P+](CO)(CO)CO.[Y].[Y].[Y]. The van der Waals surface area contributed by atoms with Crippen LogP contribution in [0.15, 0.2) is 0 Å². The third kappa shape index (κ3) is 10.4. The molecule has 0 aliphatic carbocycles. The Morgan fingerprint density at radius 1 is 0.333 bits per heavy atom. The molecule has 0 aliphatic heterocycles. The van der Waals surface area contributed by atoms with Gasteiger partial charge < -0.3 is 40.9 Å². The smallest absolute Gasteiger partial charge is 0.175 e. The molecule has 0 unspecified atom stereocenters. The van der Waals surface area contributed by atoms with Crippen LogP contribution in [-0.2, 0) is 98.1 Å². The Morgan fingerprint density at radius 3 is 0.625 bits per heavy atom. The predicted molar refractivity (Wildman–Crippen MR) is 87.2 cm³/mol. The summed E-state index contributed by atoms with van der Waals surface area (Å²) < 4.78 is 0. The van der Waals surface area contributed by atoms with Gasteiger partial charge in [0.15, 0.2) is 62.6 Å².